The van der Waals surface area contributed by atoms with Gasteiger partial charge in [0.25, 0.3) is 0 Å². The molecule has 0 aromatic carbocycles. The molecule has 12 heavy (non-hydrogen) atoms. The molecule has 3 aliphatic rings. The second-order valence-electron chi connectivity index (χ2n) is 3.80. The Morgan fingerprint density at radius 2 is 2.17 bits per heavy atom. The number of rotatable bonds is 3. The first-order valence-corrected chi connectivity index (χ1v) is 4.67. The molecule has 3 rings (SSSR count). The lowest BCUT2D eigenvalue weighted by molar-refractivity contribution is -0.872. The van der Waals surface area contributed by atoms with E-state index in [-0.39, 0.29) is 0 Å². The Hall–Kier alpha value is -0.810. The van der Waals surface area contributed by atoms with Crippen LogP contribution < -0.4 is 0 Å². The zero-order valence-corrected chi connectivity index (χ0v) is 7.25. The van der Waals surface area contributed by atoms with Gasteiger partial charge in [0.15, 0.2) is 0 Å². The van der Waals surface area contributed by atoms with Gasteiger partial charge in [-0.25, -0.2) is 4.48 Å². The fourth-order valence-corrected chi connectivity index (χ4v) is 2.13. The number of piperidine rings is 1. The Labute approximate surface area is 73.1 Å². The van der Waals surface area contributed by atoms with E-state index in [0.717, 1.165) is 17.3 Å². The van der Waals surface area contributed by atoms with Crippen LogP contribution in [-0.2, 0) is 4.79 Å². The quantitative estimate of drug-likeness (QED) is 0.342. The van der Waals surface area contributed by atoms with E-state index in [1.807, 2.05) is 0 Å². The van der Waals surface area contributed by atoms with Gasteiger partial charge >= 0.3 is 0 Å². The molecule has 0 aromatic heterocycles. The van der Waals surface area contributed by atoms with E-state index in [0.29, 0.717) is 12.3 Å². The zero-order valence-electron chi connectivity index (χ0n) is 7.25. The van der Waals surface area contributed by atoms with Gasteiger partial charge in [0.05, 0.1) is 26.1 Å². The molecule has 3 heterocycles. The Morgan fingerprint density at radius 1 is 1.42 bits per heavy atom. The van der Waals surface area contributed by atoms with Crippen molar-refractivity contribution in [3.8, 4) is 12.0 Å². The number of hydrogen-bond acceptors (Lipinski definition) is 1. The lowest BCUT2D eigenvalue weighted by atomic mass is 9.92. The fraction of sp³-hybridized carbons (Fsp3) is 0.700. The highest BCUT2D eigenvalue weighted by Crippen LogP contribution is 2.26. The third-order valence-electron chi connectivity index (χ3n) is 2.99. The maximum atomic E-state index is 10.3. The van der Waals surface area contributed by atoms with Crippen LogP contribution in [0, 0.1) is 17.9 Å². The highest BCUT2D eigenvalue weighted by atomic mass is 16.1. The van der Waals surface area contributed by atoms with Crippen LogP contribution in [0.2, 0.25) is 0 Å². The SMILES string of the molecule is O=CCC[N+]12C#CC(CC1)CC2. The summed E-state index contributed by atoms with van der Waals surface area (Å²) in [7, 11) is 0. The van der Waals surface area contributed by atoms with Crippen LogP contribution in [-0.4, -0.2) is 30.4 Å². The third-order valence-corrected chi connectivity index (χ3v) is 2.99. The Kier molecular flexibility index (Phi) is 1.90. The van der Waals surface area contributed by atoms with E-state index in [2.05, 4.69) is 12.0 Å². The summed E-state index contributed by atoms with van der Waals surface area (Å²) in [5.41, 5.74) is 0. The standard InChI is InChI=1S/C10H14NO/c12-9-1-5-11-6-2-10(3-7-11)4-8-11/h9-10H,1-3,5-7H2/q+1. The van der Waals surface area contributed by atoms with Gasteiger partial charge in [0, 0.05) is 18.8 Å². The van der Waals surface area contributed by atoms with Crippen LogP contribution in [0.25, 0.3) is 0 Å². The van der Waals surface area contributed by atoms with Gasteiger partial charge in [-0.1, -0.05) is 0 Å². The van der Waals surface area contributed by atoms with E-state index in [1.54, 1.807) is 0 Å². The molecule has 1 saturated heterocycles. The minimum atomic E-state index is 0.666. The normalized spacial score (nSPS) is 37.2. The number of carbonyl (C=O) groups is 1. The lowest BCUT2D eigenvalue weighted by Crippen LogP contribution is -2.52. The first kappa shape index (κ1) is 7.82. The van der Waals surface area contributed by atoms with E-state index < -0.39 is 0 Å². The molecule has 2 bridgehead atoms. The maximum Gasteiger partial charge on any atom is 0.137 e. The van der Waals surface area contributed by atoms with E-state index in [4.69, 9.17) is 0 Å². The first-order chi connectivity index (χ1) is 5.85. The molecule has 2 heteroatoms. The van der Waals surface area contributed by atoms with Crippen LogP contribution in [0.3, 0.4) is 0 Å². The molecular weight excluding hydrogens is 150 g/mol. The second kappa shape index (κ2) is 2.91. The summed E-state index contributed by atoms with van der Waals surface area (Å²) in [5, 5.41) is 0. The molecule has 3 aliphatic heterocycles. The van der Waals surface area contributed by atoms with E-state index in [1.165, 1.54) is 25.9 Å². The predicted octanol–water partition coefficient (Wildman–Crippen LogP) is 0.777. The summed E-state index contributed by atoms with van der Waals surface area (Å²) >= 11 is 0. The highest BCUT2D eigenvalue weighted by Gasteiger charge is 2.35. The molecule has 0 saturated carbocycles. The maximum absolute atomic E-state index is 10.3. The number of fused-ring (bicyclic) bond motifs is 2. The van der Waals surface area contributed by atoms with Gasteiger partial charge < -0.3 is 4.79 Å². The fourth-order valence-electron chi connectivity index (χ4n) is 2.13. The Balaban J connectivity index is 2.07. The van der Waals surface area contributed by atoms with E-state index >= 15 is 0 Å². The molecule has 0 spiro atoms. The number of aldehydes is 1. The van der Waals surface area contributed by atoms with Crippen molar-refractivity contribution in [2.24, 2.45) is 5.92 Å². The van der Waals surface area contributed by atoms with Gasteiger partial charge in [0.2, 0.25) is 0 Å². The minimum Gasteiger partial charge on any atom is -0.303 e. The van der Waals surface area contributed by atoms with Gasteiger partial charge in [-0.15, -0.1) is 0 Å². The summed E-state index contributed by atoms with van der Waals surface area (Å²) in [6.45, 7) is 3.28. The van der Waals surface area contributed by atoms with Gasteiger partial charge in [-0.05, 0) is 5.92 Å². The van der Waals surface area contributed by atoms with Gasteiger partial charge in [-0.3, -0.25) is 0 Å². The van der Waals surface area contributed by atoms with Crippen LogP contribution in [0.4, 0.5) is 0 Å². The van der Waals surface area contributed by atoms with E-state index in [9.17, 15) is 4.79 Å². The zero-order chi connectivity index (χ0) is 8.44. The van der Waals surface area contributed by atoms with Crippen molar-refractivity contribution in [2.75, 3.05) is 19.6 Å². The Morgan fingerprint density at radius 3 is 2.67 bits per heavy atom. The summed E-state index contributed by atoms with van der Waals surface area (Å²) in [6.07, 6.45) is 4.16. The third kappa shape index (κ3) is 1.25. The van der Waals surface area contributed by atoms with Crippen molar-refractivity contribution >= 4 is 6.29 Å². The number of hydrogen-bond donors (Lipinski definition) is 0. The largest absolute Gasteiger partial charge is 0.303 e. The molecule has 0 aliphatic carbocycles. The molecule has 0 unspecified atom stereocenters. The lowest BCUT2D eigenvalue weighted by Gasteiger charge is -2.39. The van der Waals surface area contributed by atoms with Crippen LogP contribution in [0.15, 0.2) is 0 Å². The molecule has 64 valence electrons. The number of nitrogens with zero attached hydrogens (tertiary/aromatic N) is 1. The van der Waals surface area contributed by atoms with Crippen LogP contribution in [0.1, 0.15) is 19.3 Å². The van der Waals surface area contributed by atoms with Crippen LogP contribution in [0.5, 0.6) is 0 Å². The molecule has 0 N–H and O–H groups in total. The highest BCUT2D eigenvalue weighted by molar-refractivity contribution is 5.49. The monoisotopic (exact) mass is 164 g/mol. The van der Waals surface area contributed by atoms with Gasteiger partial charge in [-0.2, -0.15) is 0 Å². The molecular formula is C10H14NO+. The molecule has 2 nitrogen and oxygen atoms in total. The Bertz CT molecular complexity index is 240. The van der Waals surface area contributed by atoms with Crippen molar-refractivity contribution in [3.05, 3.63) is 0 Å². The first-order valence-electron chi connectivity index (χ1n) is 4.67. The summed E-state index contributed by atoms with van der Waals surface area (Å²) in [6, 6.07) is 3.30. The van der Waals surface area contributed by atoms with Crippen molar-refractivity contribution in [3.63, 3.8) is 0 Å². The van der Waals surface area contributed by atoms with Crippen molar-refractivity contribution in [1.82, 2.24) is 0 Å². The molecule has 0 radical (unpaired) electrons. The van der Waals surface area contributed by atoms with Crippen LogP contribution >= 0.6 is 0 Å². The topological polar surface area (TPSA) is 17.1 Å². The molecule has 0 aromatic rings. The average Bonchev–Trinajstić information content (AvgIpc) is 2.18. The summed E-state index contributed by atoms with van der Waals surface area (Å²) in [5.74, 6) is 3.94. The van der Waals surface area contributed by atoms with Crippen molar-refractivity contribution in [1.29, 1.82) is 0 Å². The average molecular weight is 164 g/mol. The van der Waals surface area contributed by atoms with Crippen molar-refractivity contribution < 1.29 is 9.28 Å². The smallest absolute Gasteiger partial charge is 0.137 e. The molecule has 1 fully saturated rings. The number of carbonyl (C=O) groups excluding carboxylic acids is 1. The van der Waals surface area contributed by atoms with Crippen molar-refractivity contribution in [2.45, 2.75) is 19.3 Å². The minimum absolute atomic E-state index is 0.666. The predicted molar refractivity (Wildman–Crippen MR) is 46.0 cm³/mol. The summed E-state index contributed by atoms with van der Waals surface area (Å²) in [4.78, 5) is 10.3. The van der Waals surface area contributed by atoms with Gasteiger partial charge in [0.1, 0.15) is 12.3 Å². The summed E-state index contributed by atoms with van der Waals surface area (Å²) < 4.78 is 0.898. The molecule has 0 atom stereocenters. The second-order valence-corrected chi connectivity index (χ2v) is 3.80. The molecule has 0 amide bonds. The number of quaternary nitrogens is 1.